The SMILES string of the molecule is CC#Cc1cc(C(C)(C)C)cc(C#CC)c1-c1cc2ccc3cccc4ccc(c1)c2c34. The summed E-state index contributed by atoms with van der Waals surface area (Å²) >= 11 is 0. The molecule has 0 nitrogen and oxygen atoms in total. The molecule has 5 rings (SSSR count). The van der Waals surface area contributed by atoms with Crippen LogP contribution in [-0.4, -0.2) is 0 Å². The van der Waals surface area contributed by atoms with E-state index in [2.05, 4.69) is 111 Å². The van der Waals surface area contributed by atoms with Crippen molar-refractivity contribution in [3.63, 3.8) is 0 Å². The van der Waals surface area contributed by atoms with Gasteiger partial charge in [-0.3, -0.25) is 0 Å². The molecule has 0 aliphatic carbocycles. The van der Waals surface area contributed by atoms with Crippen LogP contribution in [0.3, 0.4) is 0 Å². The molecular formula is C32H26. The minimum atomic E-state index is 0.0281. The smallest absolute Gasteiger partial charge is 0.0339 e. The molecule has 0 fully saturated rings. The highest BCUT2D eigenvalue weighted by Gasteiger charge is 2.20. The largest absolute Gasteiger partial charge is 0.101 e. The van der Waals surface area contributed by atoms with E-state index in [1.165, 1.54) is 43.4 Å². The van der Waals surface area contributed by atoms with Gasteiger partial charge >= 0.3 is 0 Å². The summed E-state index contributed by atoms with van der Waals surface area (Å²) in [5, 5.41) is 7.78. The van der Waals surface area contributed by atoms with Crippen molar-refractivity contribution in [1.82, 2.24) is 0 Å². The highest BCUT2D eigenvalue weighted by atomic mass is 14.2. The molecule has 0 unspecified atom stereocenters. The minimum Gasteiger partial charge on any atom is -0.101 e. The lowest BCUT2D eigenvalue weighted by Crippen LogP contribution is -2.12. The normalized spacial score (nSPS) is 11.4. The van der Waals surface area contributed by atoms with Gasteiger partial charge in [0.15, 0.2) is 0 Å². The highest BCUT2D eigenvalue weighted by Crippen LogP contribution is 2.39. The molecule has 0 aliphatic rings. The van der Waals surface area contributed by atoms with Crippen molar-refractivity contribution in [3.05, 3.63) is 83.4 Å². The Morgan fingerprint density at radius 3 is 1.53 bits per heavy atom. The summed E-state index contributed by atoms with van der Waals surface area (Å²) in [6, 6.07) is 24.6. The van der Waals surface area contributed by atoms with Gasteiger partial charge in [-0.15, -0.1) is 11.8 Å². The molecule has 32 heavy (non-hydrogen) atoms. The summed E-state index contributed by atoms with van der Waals surface area (Å²) in [5.74, 6) is 13.0. The van der Waals surface area contributed by atoms with E-state index in [0.29, 0.717) is 0 Å². The molecule has 0 saturated carbocycles. The van der Waals surface area contributed by atoms with E-state index in [0.717, 1.165) is 16.7 Å². The molecule has 0 aliphatic heterocycles. The van der Waals surface area contributed by atoms with Gasteiger partial charge in [0.25, 0.3) is 0 Å². The molecular weight excluding hydrogens is 384 g/mol. The Morgan fingerprint density at radius 1 is 0.594 bits per heavy atom. The zero-order valence-electron chi connectivity index (χ0n) is 19.4. The lowest BCUT2D eigenvalue weighted by molar-refractivity contribution is 0.590. The van der Waals surface area contributed by atoms with E-state index in [1.54, 1.807) is 0 Å². The topological polar surface area (TPSA) is 0 Å². The van der Waals surface area contributed by atoms with Crippen LogP contribution in [0.1, 0.15) is 51.3 Å². The van der Waals surface area contributed by atoms with E-state index >= 15 is 0 Å². The zero-order chi connectivity index (χ0) is 22.5. The summed E-state index contributed by atoms with van der Waals surface area (Å²) < 4.78 is 0. The Hall–Kier alpha value is -3.74. The van der Waals surface area contributed by atoms with Crippen molar-refractivity contribution in [1.29, 1.82) is 0 Å². The van der Waals surface area contributed by atoms with Gasteiger partial charge < -0.3 is 0 Å². The Kier molecular flexibility index (Phi) is 4.69. The van der Waals surface area contributed by atoms with Gasteiger partial charge in [0, 0.05) is 16.7 Å². The van der Waals surface area contributed by atoms with E-state index in [-0.39, 0.29) is 5.41 Å². The van der Waals surface area contributed by atoms with E-state index in [4.69, 9.17) is 0 Å². The molecule has 0 saturated heterocycles. The van der Waals surface area contributed by atoms with Crippen molar-refractivity contribution in [2.75, 3.05) is 0 Å². The maximum atomic E-state index is 3.38. The molecule has 0 heterocycles. The van der Waals surface area contributed by atoms with Gasteiger partial charge in [0.1, 0.15) is 0 Å². The van der Waals surface area contributed by atoms with Crippen molar-refractivity contribution in [2.24, 2.45) is 0 Å². The predicted octanol–water partition coefficient (Wildman–Crippen LogP) is 8.29. The van der Waals surface area contributed by atoms with Crippen LogP contribution in [0.2, 0.25) is 0 Å². The fourth-order valence-corrected chi connectivity index (χ4v) is 4.75. The molecule has 0 spiro atoms. The second kappa shape index (κ2) is 7.44. The third-order valence-corrected chi connectivity index (χ3v) is 6.28. The van der Waals surface area contributed by atoms with Crippen LogP contribution < -0.4 is 0 Å². The first-order valence-corrected chi connectivity index (χ1v) is 11.1. The van der Waals surface area contributed by atoms with Gasteiger partial charge in [-0.05, 0) is 87.0 Å². The first-order valence-electron chi connectivity index (χ1n) is 11.1. The fourth-order valence-electron chi connectivity index (χ4n) is 4.75. The Bertz CT molecular complexity index is 1510. The van der Waals surface area contributed by atoms with Crippen molar-refractivity contribution in [3.8, 4) is 34.8 Å². The number of benzene rings is 5. The molecule has 0 atom stereocenters. The first-order chi connectivity index (χ1) is 15.4. The summed E-state index contributed by atoms with van der Waals surface area (Å²) in [5.41, 5.74) is 5.68. The fraction of sp³-hybridized carbons (Fsp3) is 0.188. The molecule has 0 bridgehead atoms. The average molecular weight is 411 g/mol. The lowest BCUT2D eigenvalue weighted by atomic mass is 9.81. The van der Waals surface area contributed by atoms with Crippen LogP contribution in [-0.2, 0) is 5.41 Å². The Morgan fingerprint density at radius 2 is 1.06 bits per heavy atom. The third kappa shape index (κ3) is 3.21. The number of hydrogen-bond acceptors (Lipinski definition) is 0. The number of rotatable bonds is 1. The van der Waals surface area contributed by atoms with E-state index in [1.807, 2.05) is 13.8 Å². The molecule has 0 amide bonds. The van der Waals surface area contributed by atoms with Gasteiger partial charge in [0.2, 0.25) is 0 Å². The second-order valence-corrected chi connectivity index (χ2v) is 9.45. The maximum absolute atomic E-state index is 3.38. The maximum Gasteiger partial charge on any atom is 0.0339 e. The standard InChI is InChI=1S/C32H26/c1-6-9-23-19-28(32(3,4)5)20-24(10-7-2)29(23)27-17-25-15-13-21-11-8-12-22-14-16-26(18-27)31(25)30(21)22/h8,11-20H,1-5H3. The third-order valence-electron chi connectivity index (χ3n) is 6.28. The monoisotopic (exact) mass is 410 g/mol. The van der Waals surface area contributed by atoms with Gasteiger partial charge in [-0.2, -0.15) is 0 Å². The van der Waals surface area contributed by atoms with Crippen LogP contribution in [0.25, 0.3) is 43.4 Å². The van der Waals surface area contributed by atoms with Crippen LogP contribution in [0.5, 0.6) is 0 Å². The molecule has 0 heteroatoms. The zero-order valence-corrected chi connectivity index (χ0v) is 19.4. The Labute approximate surface area is 190 Å². The van der Waals surface area contributed by atoms with Crippen LogP contribution in [0.4, 0.5) is 0 Å². The summed E-state index contributed by atoms with van der Waals surface area (Å²) in [6.07, 6.45) is 0. The van der Waals surface area contributed by atoms with E-state index in [9.17, 15) is 0 Å². The molecule has 0 aromatic heterocycles. The minimum absolute atomic E-state index is 0.0281. The Balaban J connectivity index is 1.88. The number of hydrogen-bond donors (Lipinski definition) is 0. The van der Waals surface area contributed by atoms with Crippen molar-refractivity contribution in [2.45, 2.75) is 40.0 Å². The van der Waals surface area contributed by atoms with Crippen molar-refractivity contribution < 1.29 is 0 Å². The van der Waals surface area contributed by atoms with E-state index < -0.39 is 0 Å². The molecule has 0 radical (unpaired) electrons. The van der Waals surface area contributed by atoms with Gasteiger partial charge in [0.05, 0.1) is 0 Å². The second-order valence-electron chi connectivity index (χ2n) is 9.45. The first kappa shape index (κ1) is 20.2. The average Bonchev–Trinajstić information content (AvgIpc) is 2.77. The summed E-state index contributed by atoms with van der Waals surface area (Å²) in [4.78, 5) is 0. The van der Waals surface area contributed by atoms with Gasteiger partial charge in [-0.1, -0.05) is 75.1 Å². The highest BCUT2D eigenvalue weighted by molar-refractivity contribution is 6.23. The summed E-state index contributed by atoms with van der Waals surface area (Å²) in [7, 11) is 0. The molecule has 154 valence electrons. The van der Waals surface area contributed by atoms with Crippen LogP contribution >= 0.6 is 0 Å². The quantitative estimate of drug-likeness (QED) is 0.193. The lowest BCUT2D eigenvalue weighted by Gasteiger charge is -2.22. The molecule has 0 N–H and O–H groups in total. The van der Waals surface area contributed by atoms with Gasteiger partial charge in [-0.25, -0.2) is 0 Å². The van der Waals surface area contributed by atoms with Crippen LogP contribution in [0, 0.1) is 23.7 Å². The molecule has 5 aromatic rings. The summed E-state index contributed by atoms with van der Waals surface area (Å²) in [6.45, 7) is 10.5. The molecule has 5 aromatic carbocycles. The van der Waals surface area contributed by atoms with Crippen LogP contribution in [0.15, 0.2) is 66.7 Å². The predicted molar refractivity (Wildman–Crippen MR) is 139 cm³/mol. The van der Waals surface area contributed by atoms with Crippen molar-refractivity contribution >= 4 is 32.3 Å².